The molecule has 1 heterocycles. The lowest BCUT2D eigenvalue weighted by Crippen LogP contribution is -2.42. The van der Waals surface area contributed by atoms with Gasteiger partial charge >= 0.3 is 5.97 Å². The van der Waals surface area contributed by atoms with Crippen molar-refractivity contribution in [3.63, 3.8) is 0 Å². The van der Waals surface area contributed by atoms with E-state index in [1.54, 1.807) is 18.2 Å². The summed E-state index contributed by atoms with van der Waals surface area (Å²) in [6.07, 6.45) is 0.381. The zero-order chi connectivity index (χ0) is 16.8. The number of aromatic nitrogens is 1. The van der Waals surface area contributed by atoms with E-state index in [1.165, 1.54) is 14.0 Å². The third-order valence-electron chi connectivity index (χ3n) is 3.41. The zero-order valence-electron chi connectivity index (χ0n) is 13.0. The van der Waals surface area contributed by atoms with E-state index in [-0.39, 0.29) is 24.3 Å². The minimum atomic E-state index is -0.871. The monoisotopic (exact) mass is 314 g/mol. The number of carbonyl (C=O) groups is 3. The number of rotatable bonds is 6. The predicted octanol–water partition coefficient (Wildman–Crippen LogP) is 1.88. The van der Waals surface area contributed by atoms with Gasteiger partial charge in [0.05, 0.1) is 12.6 Å². The summed E-state index contributed by atoms with van der Waals surface area (Å²) in [5.74, 6) is -1.12. The summed E-state index contributed by atoms with van der Waals surface area (Å²) in [4.78, 5) is 39.4. The number of amides is 1. The largest absolute Gasteiger partial charge is 0.467 e. The van der Waals surface area contributed by atoms with Gasteiger partial charge in [0, 0.05) is 11.8 Å². The summed E-state index contributed by atoms with van der Waals surface area (Å²) in [5, 5.41) is 3.50. The number of ketones is 1. The Morgan fingerprint density at radius 2 is 1.91 bits per heavy atom. The number of fused-ring (bicyclic) bond motifs is 1. The van der Waals surface area contributed by atoms with Gasteiger partial charge in [-0.2, -0.15) is 0 Å². The van der Waals surface area contributed by atoms with Crippen molar-refractivity contribution in [2.75, 3.05) is 7.11 Å². The highest BCUT2D eigenvalue weighted by atomic mass is 16.5. The van der Waals surface area contributed by atoms with Crippen LogP contribution < -0.4 is 5.32 Å². The van der Waals surface area contributed by atoms with Crippen molar-refractivity contribution < 1.29 is 19.1 Å². The van der Waals surface area contributed by atoms with Crippen LogP contribution in [0.5, 0.6) is 0 Å². The van der Waals surface area contributed by atoms with Gasteiger partial charge in [-0.3, -0.25) is 4.79 Å². The number of hydrogen-bond donors (Lipinski definition) is 1. The van der Waals surface area contributed by atoms with Crippen LogP contribution in [-0.2, 0) is 14.3 Å². The molecular formula is C17H18N2O4. The Morgan fingerprint density at radius 1 is 1.17 bits per heavy atom. The molecule has 1 atom stereocenters. The Kier molecular flexibility index (Phi) is 5.41. The van der Waals surface area contributed by atoms with Crippen LogP contribution in [-0.4, -0.2) is 35.8 Å². The maximum absolute atomic E-state index is 12.3. The van der Waals surface area contributed by atoms with Crippen LogP contribution in [0.2, 0.25) is 0 Å². The second kappa shape index (κ2) is 7.49. The van der Waals surface area contributed by atoms with E-state index in [2.05, 4.69) is 15.0 Å². The Balaban J connectivity index is 2.15. The molecule has 1 amide bonds. The van der Waals surface area contributed by atoms with Gasteiger partial charge in [-0.1, -0.05) is 24.3 Å². The SMILES string of the molecule is COC(=O)[C@@H](CCC(C)=O)NC(=O)c1ccc2ccccc2n1. The van der Waals surface area contributed by atoms with Crippen LogP contribution in [0.3, 0.4) is 0 Å². The summed E-state index contributed by atoms with van der Waals surface area (Å²) in [7, 11) is 1.24. The van der Waals surface area contributed by atoms with Gasteiger partial charge in [-0.25, -0.2) is 9.78 Å². The van der Waals surface area contributed by atoms with Crippen LogP contribution in [0.4, 0.5) is 0 Å². The lowest BCUT2D eigenvalue weighted by atomic mass is 10.1. The molecule has 120 valence electrons. The summed E-state index contributed by atoms with van der Waals surface area (Å²) in [5.41, 5.74) is 0.902. The van der Waals surface area contributed by atoms with E-state index in [0.717, 1.165) is 5.39 Å². The van der Waals surface area contributed by atoms with Gasteiger partial charge in [0.2, 0.25) is 0 Å². The maximum Gasteiger partial charge on any atom is 0.328 e. The Morgan fingerprint density at radius 3 is 2.61 bits per heavy atom. The van der Waals surface area contributed by atoms with Crippen LogP contribution >= 0.6 is 0 Å². The van der Waals surface area contributed by atoms with Gasteiger partial charge in [0.25, 0.3) is 5.91 Å². The van der Waals surface area contributed by atoms with Gasteiger partial charge < -0.3 is 14.8 Å². The first-order valence-electron chi connectivity index (χ1n) is 7.25. The summed E-state index contributed by atoms with van der Waals surface area (Å²) >= 11 is 0. The van der Waals surface area contributed by atoms with Gasteiger partial charge in [0.1, 0.15) is 17.5 Å². The molecule has 23 heavy (non-hydrogen) atoms. The fourth-order valence-corrected chi connectivity index (χ4v) is 2.16. The number of esters is 1. The lowest BCUT2D eigenvalue weighted by Gasteiger charge is -2.15. The normalized spacial score (nSPS) is 11.7. The first-order chi connectivity index (χ1) is 11.0. The second-order valence-corrected chi connectivity index (χ2v) is 5.18. The maximum atomic E-state index is 12.3. The molecule has 6 heteroatoms. The van der Waals surface area contributed by atoms with Crippen molar-refractivity contribution in [1.29, 1.82) is 0 Å². The molecule has 1 aromatic carbocycles. The topological polar surface area (TPSA) is 85.4 Å². The molecule has 6 nitrogen and oxygen atoms in total. The van der Waals surface area contributed by atoms with E-state index >= 15 is 0 Å². The molecule has 0 aliphatic rings. The van der Waals surface area contributed by atoms with Crippen molar-refractivity contribution in [3.8, 4) is 0 Å². The van der Waals surface area contributed by atoms with Gasteiger partial charge in [-0.05, 0) is 25.5 Å². The summed E-state index contributed by atoms with van der Waals surface area (Å²) in [6, 6.07) is 9.94. The number of nitrogens with one attached hydrogen (secondary N) is 1. The van der Waals surface area contributed by atoms with Crippen LogP contribution in [0, 0.1) is 0 Å². The average molecular weight is 314 g/mol. The highest BCUT2D eigenvalue weighted by Crippen LogP contribution is 2.12. The number of ether oxygens (including phenoxy) is 1. The Hall–Kier alpha value is -2.76. The van der Waals surface area contributed by atoms with Crippen LogP contribution in [0.1, 0.15) is 30.3 Å². The smallest absolute Gasteiger partial charge is 0.328 e. The summed E-state index contributed by atoms with van der Waals surface area (Å²) in [6.45, 7) is 1.43. The molecule has 1 aromatic heterocycles. The first-order valence-corrected chi connectivity index (χ1v) is 7.25. The van der Waals surface area contributed by atoms with E-state index in [9.17, 15) is 14.4 Å². The van der Waals surface area contributed by atoms with E-state index in [1.807, 2.05) is 18.2 Å². The zero-order valence-corrected chi connectivity index (χ0v) is 13.0. The van der Waals surface area contributed by atoms with Gasteiger partial charge in [0.15, 0.2) is 0 Å². The quantitative estimate of drug-likeness (QED) is 0.823. The van der Waals surface area contributed by atoms with Crippen molar-refractivity contribution in [2.24, 2.45) is 0 Å². The molecular weight excluding hydrogens is 296 g/mol. The molecule has 0 fully saturated rings. The molecule has 0 bridgehead atoms. The Labute approximate surface area is 133 Å². The molecule has 0 saturated carbocycles. The minimum Gasteiger partial charge on any atom is -0.467 e. The molecule has 0 spiro atoms. The standard InChI is InChI=1S/C17H18N2O4/c1-11(20)7-9-15(17(22)23-2)19-16(21)14-10-8-12-5-3-4-6-13(12)18-14/h3-6,8,10,15H,7,9H2,1-2H3,(H,19,21)/t15-/m1/s1. The molecule has 0 aliphatic heterocycles. The number of nitrogens with zero attached hydrogens (tertiary/aromatic N) is 1. The van der Waals surface area contributed by atoms with E-state index in [0.29, 0.717) is 5.52 Å². The number of pyridine rings is 1. The van der Waals surface area contributed by atoms with Crippen molar-refractivity contribution >= 4 is 28.6 Å². The third kappa shape index (κ3) is 4.35. The van der Waals surface area contributed by atoms with Crippen molar-refractivity contribution in [2.45, 2.75) is 25.8 Å². The second-order valence-electron chi connectivity index (χ2n) is 5.18. The highest BCUT2D eigenvalue weighted by Gasteiger charge is 2.23. The van der Waals surface area contributed by atoms with Gasteiger partial charge in [-0.15, -0.1) is 0 Å². The fraction of sp³-hybridized carbons (Fsp3) is 0.294. The molecule has 2 rings (SSSR count). The number of Topliss-reactive ketones (excluding diaryl/α,β-unsaturated/α-hetero) is 1. The average Bonchev–Trinajstić information content (AvgIpc) is 2.57. The fourth-order valence-electron chi connectivity index (χ4n) is 2.16. The molecule has 1 N–H and O–H groups in total. The highest BCUT2D eigenvalue weighted by molar-refractivity contribution is 5.97. The first kappa shape index (κ1) is 16.6. The number of benzene rings is 1. The number of hydrogen-bond acceptors (Lipinski definition) is 5. The predicted molar refractivity (Wildman–Crippen MR) is 84.9 cm³/mol. The molecule has 0 unspecified atom stereocenters. The van der Waals surface area contributed by atoms with E-state index < -0.39 is 17.9 Å². The molecule has 0 aliphatic carbocycles. The molecule has 0 saturated heterocycles. The van der Waals surface area contributed by atoms with Crippen molar-refractivity contribution in [1.82, 2.24) is 10.3 Å². The minimum absolute atomic E-state index is 0.0583. The number of para-hydroxylation sites is 1. The molecule has 2 aromatic rings. The Bertz CT molecular complexity index is 742. The number of carbonyl (C=O) groups excluding carboxylic acids is 3. The lowest BCUT2D eigenvalue weighted by molar-refractivity contribution is -0.143. The molecule has 0 radical (unpaired) electrons. The van der Waals surface area contributed by atoms with E-state index in [4.69, 9.17) is 0 Å². The van der Waals surface area contributed by atoms with Crippen molar-refractivity contribution in [3.05, 3.63) is 42.1 Å². The summed E-state index contributed by atoms with van der Waals surface area (Å²) < 4.78 is 4.67. The van der Waals surface area contributed by atoms with Crippen LogP contribution in [0.25, 0.3) is 10.9 Å². The van der Waals surface area contributed by atoms with Crippen LogP contribution in [0.15, 0.2) is 36.4 Å². The number of methoxy groups -OCH3 is 1. The third-order valence-corrected chi connectivity index (χ3v) is 3.41.